The largest absolute Gasteiger partial charge is 0.330 e. The lowest BCUT2D eigenvalue weighted by atomic mass is 9.91. The van der Waals surface area contributed by atoms with Gasteiger partial charge < -0.3 is 5.73 Å². The van der Waals surface area contributed by atoms with Crippen LogP contribution in [-0.4, -0.2) is 30.6 Å². The van der Waals surface area contributed by atoms with E-state index in [4.69, 9.17) is 5.73 Å². The standard InChI is InChI=1S/C17H36N2/c1-5-12-19(14-17(3,4)13-18)16-9-7-8-15(6-2)10-11-16/h15-16H,5-14,18H2,1-4H3. The third kappa shape index (κ3) is 5.83. The van der Waals surface area contributed by atoms with E-state index in [9.17, 15) is 0 Å². The molecule has 1 aliphatic carbocycles. The van der Waals surface area contributed by atoms with Crippen molar-refractivity contribution in [2.24, 2.45) is 17.1 Å². The Morgan fingerprint density at radius 3 is 2.42 bits per heavy atom. The molecule has 1 rings (SSSR count). The minimum absolute atomic E-state index is 0.256. The first-order valence-electron chi connectivity index (χ1n) is 8.46. The lowest BCUT2D eigenvalue weighted by Gasteiger charge is -2.37. The summed E-state index contributed by atoms with van der Waals surface area (Å²) in [6, 6.07) is 0.808. The molecule has 2 atom stereocenters. The maximum absolute atomic E-state index is 5.93. The summed E-state index contributed by atoms with van der Waals surface area (Å²) < 4.78 is 0. The van der Waals surface area contributed by atoms with Gasteiger partial charge in [-0.05, 0) is 50.1 Å². The quantitative estimate of drug-likeness (QED) is 0.706. The summed E-state index contributed by atoms with van der Waals surface area (Å²) in [5.41, 5.74) is 6.18. The highest BCUT2D eigenvalue weighted by atomic mass is 15.2. The third-order valence-electron chi connectivity index (χ3n) is 4.85. The van der Waals surface area contributed by atoms with Gasteiger partial charge in [-0.1, -0.05) is 47.0 Å². The van der Waals surface area contributed by atoms with Crippen LogP contribution < -0.4 is 5.73 Å². The van der Waals surface area contributed by atoms with Crippen molar-refractivity contribution in [3.8, 4) is 0 Å². The number of nitrogens with two attached hydrogens (primary N) is 1. The Labute approximate surface area is 121 Å². The fourth-order valence-electron chi connectivity index (χ4n) is 3.42. The summed E-state index contributed by atoms with van der Waals surface area (Å²) in [6.07, 6.45) is 9.74. The number of rotatable bonds is 7. The molecular formula is C17H36N2. The molecule has 2 nitrogen and oxygen atoms in total. The van der Waals surface area contributed by atoms with Gasteiger partial charge in [-0.2, -0.15) is 0 Å². The predicted octanol–water partition coefficient (Wildman–Crippen LogP) is 4.04. The molecule has 0 aromatic heterocycles. The minimum atomic E-state index is 0.256. The molecule has 0 saturated heterocycles. The molecule has 0 spiro atoms. The van der Waals surface area contributed by atoms with E-state index in [0.29, 0.717) is 0 Å². The van der Waals surface area contributed by atoms with Crippen LogP contribution in [0.4, 0.5) is 0 Å². The van der Waals surface area contributed by atoms with Crippen molar-refractivity contribution >= 4 is 0 Å². The van der Waals surface area contributed by atoms with Crippen molar-refractivity contribution in [3.63, 3.8) is 0 Å². The number of hydrogen-bond acceptors (Lipinski definition) is 2. The van der Waals surface area contributed by atoms with Crippen LogP contribution in [0.2, 0.25) is 0 Å². The van der Waals surface area contributed by atoms with Gasteiger partial charge in [-0.25, -0.2) is 0 Å². The number of hydrogen-bond donors (Lipinski definition) is 1. The maximum Gasteiger partial charge on any atom is 0.00955 e. The first-order chi connectivity index (χ1) is 9.02. The van der Waals surface area contributed by atoms with Gasteiger partial charge in [0, 0.05) is 12.6 Å². The Bertz CT molecular complexity index is 237. The van der Waals surface area contributed by atoms with Crippen molar-refractivity contribution < 1.29 is 0 Å². The Kier molecular flexibility index (Phi) is 7.38. The highest BCUT2D eigenvalue weighted by Crippen LogP contribution is 2.29. The molecule has 2 heteroatoms. The molecule has 114 valence electrons. The Morgan fingerprint density at radius 1 is 1.11 bits per heavy atom. The predicted molar refractivity (Wildman–Crippen MR) is 85.4 cm³/mol. The fourth-order valence-corrected chi connectivity index (χ4v) is 3.42. The monoisotopic (exact) mass is 268 g/mol. The van der Waals surface area contributed by atoms with E-state index in [2.05, 4.69) is 32.6 Å². The van der Waals surface area contributed by atoms with Crippen molar-refractivity contribution in [1.82, 2.24) is 4.90 Å². The molecule has 19 heavy (non-hydrogen) atoms. The molecular weight excluding hydrogens is 232 g/mol. The zero-order chi connectivity index (χ0) is 14.3. The van der Waals surface area contributed by atoms with Gasteiger partial charge in [0.05, 0.1) is 0 Å². The Balaban J connectivity index is 2.59. The van der Waals surface area contributed by atoms with E-state index in [-0.39, 0.29) is 5.41 Å². The van der Waals surface area contributed by atoms with E-state index in [1.807, 2.05) is 0 Å². The summed E-state index contributed by atoms with van der Waals surface area (Å²) in [6.45, 7) is 12.5. The molecule has 0 aliphatic heterocycles. The van der Waals surface area contributed by atoms with Crippen molar-refractivity contribution in [1.29, 1.82) is 0 Å². The minimum Gasteiger partial charge on any atom is -0.330 e. The van der Waals surface area contributed by atoms with Crippen molar-refractivity contribution in [2.45, 2.75) is 78.7 Å². The van der Waals surface area contributed by atoms with Crippen LogP contribution >= 0.6 is 0 Å². The van der Waals surface area contributed by atoms with Crippen molar-refractivity contribution in [3.05, 3.63) is 0 Å². The van der Waals surface area contributed by atoms with Crippen LogP contribution in [0, 0.1) is 11.3 Å². The first kappa shape index (κ1) is 17.0. The van der Waals surface area contributed by atoms with Crippen molar-refractivity contribution in [2.75, 3.05) is 19.6 Å². The second-order valence-corrected chi connectivity index (χ2v) is 7.28. The van der Waals surface area contributed by atoms with Gasteiger partial charge in [-0.3, -0.25) is 4.90 Å². The summed E-state index contributed by atoms with van der Waals surface area (Å²) in [7, 11) is 0. The van der Waals surface area contributed by atoms with E-state index in [1.165, 1.54) is 58.0 Å². The molecule has 0 aromatic carbocycles. The van der Waals surface area contributed by atoms with Gasteiger partial charge in [0.25, 0.3) is 0 Å². The topological polar surface area (TPSA) is 29.3 Å². The maximum atomic E-state index is 5.93. The SMILES string of the molecule is CCCN(CC(C)(C)CN)C1CCCC(CC)CC1. The average Bonchev–Trinajstić information content (AvgIpc) is 2.63. The van der Waals surface area contributed by atoms with Crippen LogP contribution in [0.3, 0.4) is 0 Å². The fraction of sp³-hybridized carbons (Fsp3) is 1.00. The summed E-state index contributed by atoms with van der Waals surface area (Å²) in [4.78, 5) is 2.74. The Morgan fingerprint density at radius 2 is 1.84 bits per heavy atom. The average molecular weight is 268 g/mol. The van der Waals surface area contributed by atoms with Crippen LogP contribution in [0.15, 0.2) is 0 Å². The highest BCUT2D eigenvalue weighted by Gasteiger charge is 2.27. The molecule has 0 radical (unpaired) electrons. The zero-order valence-electron chi connectivity index (χ0n) is 13.8. The third-order valence-corrected chi connectivity index (χ3v) is 4.85. The molecule has 2 N–H and O–H groups in total. The van der Waals surface area contributed by atoms with Crippen LogP contribution in [0.1, 0.15) is 72.6 Å². The Hall–Kier alpha value is -0.0800. The second kappa shape index (κ2) is 8.26. The molecule has 0 heterocycles. The lowest BCUT2D eigenvalue weighted by Crippen LogP contribution is -2.44. The van der Waals surface area contributed by atoms with Gasteiger partial charge in [0.2, 0.25) is 0 Å². The molecule has 1 fully saturated rings. The molecule has 0 bridgehead atoms. The number of nitrogens with zero attached hydrogens (tertiary/aromatic N) is 1. The van der Waals surface area contributed by atoms with Crippen LogP contribution in [0.5, 0.6) is 0 Å². The van der Waals surface area contributed by atoms with E-state index < -0.39 is 0 Å². The molecule has 1 saturated carbocycles. The molecule has 0 aromatic rings. The normalized spacial score (nSPS) is 25.6. The first-order valence-corrected chi connectivity index (χ1v) is 8.46. The molecule has 2 unspecified atom stereocenters. The lowest BCUT2D eigenvalue weighted by molar-refractivity contribution is 0.120. The van der Waals surface area contributed by atoms with Gasteiger partial charge in [0.1, 0.15) is 0 Å². The van der Waals surface area contributed by atoms with Gasteiger partial charge >= 0.3 is 0 Å². The molecule has 0 amide bonds. The smallest absolute Gasteiger partial charge is 0.00955 e. The van der Waals surface area contributed by atoms with E-state index >= 15 is 0 Å². The molecule has 1 aliphatic rings. The van der Waals surface area contributed by atoms with E-state index in [1.54, 1.807) is 0 Å². The summed E-state index contributed by atoms with van der Waals surface area (Å²) in [5, 5.41) is 0. The highest BCUT2D eigenvalue weighted by molar-refractivity contribution is 4.82. The van der Waals surface area contributed by atoms with Gasteiger partial charge in [0.15, 0.2) is 0 Å². The summed E-state index contributed by atoms with van der Waals surface area (Å²) >= 11 is 0. The zero-order valence-corrected chi connectivity index (χ0v) is 13.8. The van der Waals surface area contributed by atoms with Crippen LogP contribution in [-0.2, 0) is 0 Å². The van der Waals surface area contributed by atoms with Gasteiger partial charge in [-0.15, -0.1) is 0 Å². The van der Waals surface area contributed by atoms with Crippen LogP contribution in [0.25, 0.3) is 0 Å². The second-order valence-electron chi connectivity index (χ2n) is 7.28. The van der Waals surface area contributed by atoms with E-state index in [0.717, 1.165) is 18.5 Å². The summed E-state index contributed by atoms with van der Waals surface area (Å²) in [5.74, 6) is 0.982.